The van der Waals surface area contributed by atoms with Crippen molar-refractivity contribution in [3.8, 4) is 0 Å². The maximum Gasteiger partial charge on any atom is 0.0630 e. The first-order valence-electron chi connectivity index (χ1n) is 9.25. The number of anilines is 1. The van der Waals surface area contributed by atoms with Gasteiger partial charge in [0.1, 0.15) is 0 Å². The molecule has 1 saturated heterocycles. The fraction of sp³-hybridized carbons (Fsp3) is 0.409. The maximum absolute atomic E-state index is 4.61. The van der Waals surface area contributed by atoms with E-state index in [-0.39, 0.29) is 0 Å². The van der Waals surface area contributed by atoms with E-state index in [0.717, 1.165) is 11.3 Å². The molecule has 126 valence electrons. The van der Waals surface area contributed by atoms with E-state index < -0.39 is 0 Å². The van der Waals surface area contributed by atoms with Crippen LogP contribution >= 0.6 is 0 Å². The van der Waals surface area contributed by atoms with Gasteiger partial charge in [-0.1, -0.05) is 38.1 Å². The molecule has 0 N–H and O–H groups in total. The van der Waals surface area contributed by atoms with Crippen molar-refractivity contribution < 1.29 is 0 Å². The first-order valence-corrected chi connectivity index (χ1v) is 9.25. The molecule has 2 aromatic carbocycles. The van der Waals surface area contributed by atoms with Crippen LogP contribution in [0.15, 0.2) is 53.5 Å². The smallest absolute Gasteiger partial charge is 0.0630 e. The molecule has 0 spiro atoms. The van der Waals surface area contributed by atoms with Gasteiger partial charge in [0.05, 0.1) is 5.69 Å². The van der Waals surface area contributed by atoms with Crippen molar-refractivity contribution in [2.24, 2.45) is 4.99 Å². The maximum atomic E-state index is 4.61. The summed E-state index contributed by atoms with van der Waals surface area (Å²) in [7, 11) is 0. The van der Waals surface area contributed by atoms with E-state index in [9.17, 15) is 0 Å². The summed E-state index contributed by atoms with van der Waals surface area (Å²) in [5, 5.41) is 0. The summed E-state index contributed by atoms with van der Waals surface area (Å²) < 4.78 is 0. The predicted octanol–water partition coefficient (Wildman–Crippen LogP) is 5.94. The third-order valence-corrected chi connectivity index (χ3v) is 5.05. The number of rotatable bonds is 5. The molecular weight excluding hydrogens is 292 g/mol. The number of hydrogen-bond acceptors (Lipinski definition) is 2. The highest BCUT2D eigenvalue weighted by molar-refractivity contribution is 5.82. The third kappa shape index (κ3) is 4.25. The topological polar surface area (TPSA) is 15.6 Å². The summed E-state index contributed by atoms with van der Waals surface area (Å²) in [5.41, 5.74) is 4.90. The molecule has 1 fully saturated rings. The van der Waals surface area contributed by atoms with E-state index in [4.69, 9.17) is 0 Å². The lowest BCUT2D eigenvalue weighted by molar-refractivity contribution is 0.578. The van der Waals surface area contributed by atoms with Gasteiger partial charge in [-0.3, -0.25) is 4.99 Å². The van der Waals surface area contributed by atoms with Crippen LogP contribution in [0.5, 0.6) is 0 Å². The van der Waals surface area contributed by atoms with Crippen molar-refractivity contribution in [1.82, 2.24) is 0 Å². The molecule has 0 bridgehead atoms. The molecule has 1 atom stereocenters. The van der Waals surface area contributed by atoms with Gasteiger partial charge >= 0.3 is 0 Å². The van der Waals surface area contributed by atoms with Crippen LogP contribution in [0.1, 0.15) is 56.6 Å². The molecule has 0 unspecified atom stereocenters. The summed E-state index contributed by atoms with van der Waals surface area (Å²) in [6.07, 6.45) is 7.13. The van der Waals surface area contributed by atoms with E-state index in [1.165, 1.54) is 50.0 Å². The summed E-state index contributed by atoms with van der Waals surface area (Å²) in [6.45, 7) is 6.87. The van der Waals surface area contributed by atoms with Gasteiger partial charge in [-0.15, -0.1) is 0 Å². The van der Waals surface area contributed by atoms with Crippen LogP contribution in [0.4, 0.5) is 11.4 Å². The molecule has 2 nitrogen and oxygen atoms in total. The quantitative estimate of drug-likeness (QED) is 0.622. The molecule has 1 aliphatic heterocycles. The van der Waals surface area contributed by atoms with E-state index in [1.807, 2.05) is 6.21 Å². The summed E-state index contributed by atoms with van der Waals surface area (Å²) in [5.74, 6) is 0.616. The minimum atomic E-state index is 0.616. The summed E-state index contributed by atoms with van der Waals surface area (Å²) in [4.78, 5) is 7.09. The van der Waals surface area contributed by atoms with Gasteiger partial charge in [-0.25, -0.2) is 0 Å². The van der Waals surface area contributed by atoms with Crippen LogP contribution in [-0.2, 0) is 0 Å². The van der Waals surface area contributed by atoms with Gasteiger partial charge in [-0.05, 0) is 67.0 Å². The Balaban J connectivity index is 1.63. The molecule has 0 amide bonds. The summed E-state index contributed by atoms with van der Waals surface area (Å²) >= 11 is 0. The molecule has 0 aromatic heterocycles. The highest BCUT2D eigenvalue weighted by atomic mass is 15.1. The highest BCUT2D eigenvalue weighted by Crippen LogP contribution is 2.22. The zero-order valence-corrected chi connectivity index (χ0v) is 14.9. The Morgan fingerprint density at radius 1 is 0.958 bits per heavy atom. The Labute approximate surface area is 146 Å². The van der Waals surface area contributed by atoms with Crippen molar-refractivity contribution in [2.75, 3.05) is 18.0 Å². The van der Waals surface area contributed by atoms with E-state index in [0.29, 0.717) is 5.92 Å². The lowest BCUT2D eigenvalue weighted by Crippen LogP contribution is -2.29. The minimum Gasteiger partial charge on any atom is -0.372 e. The Morgan fingerprint density at radius 3 is 2.25 bits per heavy atom. The van der Waals surface area contributed by atoms with Gasteiger partial charge < -0.3 is 4.90 Å². The normalized spacial score (nSPS) is 16.5. The van der Waals surface area contributed by atoms with Crippen molar-refractivity contribution in [3.05, 3.63) is 59.7 Å². The van der Waals surface area contributed by atoms with Gasteiger partial charge in [0.25, 0.3) is 0 Å². The largest absolute Gasteiger partial charge is 0.372 e. The van der Waals surface area contributed by atoms with Crippen LogP contribution in [0, 0.1) is 0 Å². The first-order chi connectivity index (χ1) is 11.8. The fourth-order valence-electron chi connectivity index (χ4n) is 3.20. The van der Waals surface area contributed by atoms with Crippen molar-refractivity contribution in [2.45, 2.75) is 45.4 Å². The molecule has 24 heavy (non-hydrogen) atoms. The molecule has 3 rings (SSSR count). The minimum absolute atomic E-state index is 0.616. The Kier molecular flexibility index (Phi) is 5.68. The monoisotopic (exact) mass is 320 g/mol. The van der Waals surface area contributed by atoms with E-state index >= 15 is 0 Å². The number of benzene rings is 2. The molecule has 2 heteroatoms. The molecule has 0 radical (unpaired) electrons. The molecule has 1 heterocycles. The van der Waals surface area contributed by atoms with Gasteiger partial charge in [0.2, 0.25) is 0 Å². The second kappa shape index (κ2) is 8.14. The number of piperidine rings is 1. The van der Waals surface area contributed by atoms with Gasteiger partial charge in [0.15, 0.2) is 0 Å². The third-order valence-electron chi connectivity index (χ3n) is 5.05. The number of nitrogens with zero attached hydrogens (tertiary/aromatic N) is 2. The molecular formula is C22H28N2. The molecule has 2 aromatic rings. The van der Waals surface area contributed by atoms with Gasteiger partial charge in [-0.2, -0.15) is 0 Å². The Hall–Kier alpha value is -2.09. The van der Waals surface area contributed by atoms with Crippen molar-refractivity contribution in [1.29, 1.82) is 0 Å². The summed E-state index contributed by atoms with van der Waals surface area (Å²) in [6, 6.07) is 17.4. The molecule has 1 aliphatic rings. The van der Waals surface area contributed by atoms with Crippen molar-refractivity contribution in [3.63, 3.8) is 0 Å². The zero-order chi connectivity index (χ0) is 16.8. The number of aliphatic imine (C=N–C) groups is 1. The standard InChI is InChI=1S/C22H28N2/c1-3-18(2)20-9-11-21(12-10-20)23-17-19-7-13-22(14-8-19)24-15-5-4-6-16-24/h7-14,17-18H,3-6,15-16H2,1-2H3/t18-/m1/s1. The van der Waals surface area contributed by atoms with Crippen LogP contribution < -0.4 is 4.90 Å². The SMILES string of the molecule is CC[C@@H](C)c1ccc(N=Cc2ccc(N3CCCCC3)cc2)cc1. The average molecular weight is 320 g/mol. The highest BCUT2D eigenvalue weighted by Gasteiger charge is 2.10. The lowest BCUT2D eigenvalue weighted by Gasteiger charge is -2.28. The van der Waals surface area contributed by atoms with Crippen LogP contribution in [0.3, 0.4) is 0 Å². The molecule has 0 aliphatic carbocycles. The first kappa shape index (κ1) is 16.8. The fourth-order valence-corrected chi connectivity index (χ4v) is 3.20. The van der Waals surface area contributed by atoms with Crippen molar-refractivity contribution >= 4 is 17.6 Å². The second-order valence-electron chi connectivity index (χ2n) is 6.80. The Bertz CT molecular complexity index is 649. The average Bonchev–Trinajstić information content (AvgIpc) is 2.67. The molecule has 0 saturated carbocycles. The van der Waals surface area contributed by atoms with E-state index in [1.54, 1.807) is 0 Å². The van der Waals surface area contributed by atoms with E-state index in [2.05, 4.69) is 72.3 Å². The van der Waals surface area contributed by atoms with Crippen LogP contribution in [-0.4, -0.2) is 19.3 Å². The Morgan fingerprint density at radius 2 is 1.62 bits per heavy atom. The lowest BCUT2D eigenvalue weighted by atomic mass is 9.99. The predicted molar refractivity (Wildman–Crippen MR) is 105 cm³/mol. The van der Waals surface area contributed by atoms with Gasteiger partial charge in [0, 0.05) is 25.0 Å². The second-order valence-corrected chi connectivity index (χ2v) is 6.80. The van der Waals surface area contributed by atoms with Crippen LogP contribution in [0.2, 0.25) is 0 Å². The van der Waals surface area contributed by atoms with Crippen LogP contribution in [0.25, 0.3) is 0 Å². The number of hydrogen-bond donors (Lipinski definition) is 0. The zero-order valence-electron chi connectivity index (χ0n) is 14.9.